The lowest BCUT2D eigenvalue weighted by Crippen LogP contribution is -2.54. The van der Waals surface area contributed by atoms with Gasteiger partial charge in [-0.15, -0.1) is 0 Å². The van der Waals surface area contributed by atoms with Gasteiger partial charge in [-0.2, -0.15) is 0 Å². The second-order valence-corrected chi connectivity index (χ2v) is 4.60. The molecule has 1 fully saturated rings. The summed E-state index contributed by atoms with van der Waals surface area (Å²) >= 11 is 0. The zero-order chi connectivity index (χ0) is 11.5. The summed E-state index contributed by atoms with van der Waals surface area (Å²) in [7, 11) is 0. The summed E-state index contributed by atoms with van der Waals surface area (Å²) in [6.45, 7) is 3.96. The summed E-state index contributed by atoms with van der Waals surface area (Å²) in [5.41, 5.74) is 1.09. The van der Waals surface area contributed by atoms with Gasteiger partial charge in [0.25, 0.3) is 0 Å². The van der Waals surface area contributed by atoms with E-state index in [1.165, 1.54) is 0 Å². The lowest BCUT2D eigenvalue weighted by Gasteiger charge is -2.41. The van der Waals surface area contributed by atoms with Gasteiger partial charge in [0, 0.05) is 13.1 Å². The third-order valence-corrected chi connectivity index (χ3v) is 3.09. The van der Waals surface area contributed by atoms with Gasteiger partial charge in [-0.3, -0.25) is 9.69 Å². The van der Waals surface area contributed by atoms with Gasteiger partial charge in [-0.1, -0.05) is 37.3 Å². The first-order valence-electron chi connectivity index (χ1n) is 5.67. The highest BCUT2D eigenvalue weighted by Gasteiger charge is 2.33. The van der Waals surface area contributed by atoms with Crippen molar-refractivity contribution in [2.45, 2.75) is 19.4 Å². The van der Waals surface area contributed by atoms with Crippen molar-refractivity contribution in [3.63, 3.8) is 0 Å². The highest BCUT2D eigenvalue weighted by atomic mass is 16.4. The van der Waals surface area contributed by atoms with E-state index in [0.29, 0.717) is 12.3 Å². The number of carbonyl (C=O) groups is 1. The van der Waals surface area contributed by atoms with Crippen molar-refractivity contribution in [1.82, 2.24) is 4.90 Å². The minimum atomic E-state index is -0.712. The molecule has 1 N–H and O–H groups in total. The average Bonchev–Trinajstić information content (AvgIpc) is 2.23. The molecule has 1 saturated heterocycles. The Bertz CT molecular complexity index is 357. The fraction of sp³-hybridized carbons (Fsp3) is 0.462. The van der Waals surface area contributed by atoms with E-state index in [-0.39, 0.29) is 6.04 Å². The quantitative estimate of drug-likeness (QED) is 0.836. The third-order valence-electron chi connectivity index (χ3n) is 3.09. The van der Waals surface area contributed by atoms with Gasteiger partial charge in [-0.05, 0) is 17.9 Å². The number of rotatable bonds is 4. The molecule has 0 spiro atoms. The molecule has 1 aliphatic rings. The molecule has 3 nitrogen and oxygen atoms in total. The van der Waals surface area contributed by atoms with Crippen LogP contribution in [0.15, 0.2) is 30.3 Å². The minimum Gasteiger partial charge on any atom is -0.480 e. The number of carboxylic acid groups (broad SMARTS) is 1. The van der Waals surface area contributed by atoms with Crippen molar-refractivity contribution in [3.05, 3.63) is 35.9 Å². The maximum atomic E-state index is 11.2. The predicted octanol–water partition coefficient (Wildman–Crippen LogP) is 1.63. The van der Waals surface area contributed by atoms with Crippen molar-refractivity contribution in [2.24, 2.45) is 5.92 Å². The van der Waals surface area contributed by atoms with Gasteiger partial charge in [0.2, 0.25) is 0 Å². The molecule has 1 aromatic carbocycles. The van der Waals surface area contributed by atoms with Crippen LogP contribution in [-0.2, 0) is 11.2 Å². The van der Waals surface area contributed by atoms with Gasteiger partial charge < -0.3 is 5.11 Å². The average molecular weight is 219 g/mol. The summed E-state index contributed by atoms with van der Waals surface area (Å²) in [5.74, 6) is -0.0756. The van der Waals surface area contributed by atoms with E-state index in [9.17, 15) is 9.90 Å². The molecule has 1 unspecified atom stereocenters. The normalized spacial score (nSPS) is 19.1. The monoisotopic (exact) mass is 219 g/mol. The molecule has 0 aromatic heterocycles. The molecule has 2 rings (SSSR count). The number of hydrogen-bond acceptors (Lipinski definition) is 2. The molecule has 0 amide bonds. The van der Waals surface area contributed by atoms with Crippen LogP contribution in [-0.4, -0.2) is 35.1 Å². The van der Waals surface area contributed by atoms with Crippen LogP contribution in [0, 0.1) is 5.92 Å². The van der Waals surface area contributed by atoms with Crippen molar-refractivity contribution >= 4 is 5.97 Å². The number of aliphatic carboxylic acids is 1. The standard InChI is InChI=1S/C13H17NO2/c1-10-8-14(9-10)12(13(15)16)7-11-5-3-2-4-6-11/h2-6,10,12H,7-9H2,1H3,(H,15,16). The van der Waals surface area contributed by atoms with Crippen molar-refractivity contribution in [3.8, 4) is 0 Å². The number of likely N-dealkylation sites (tertiary alicyclic amines) is 1. The summed E-state index contributed by atoms with van der Waals surface area (Å²) in [5, 5.41) is 9.21. The molecule has 1 heterocycles. The van der Waals surface area contributed by atoms with E-state index in [4.69, 9.17) is 0 Å². The molecule has 0 saturated carbocycles. The Morgan fingerprint density at radius 1 is 1.44 bits per heavy atom. The summed E-state index contributed by atoms with van der Waals surface area (Å²) in [6, 6.07) is 9.46. The largest absolute Gasteiger partial charge is 0.480 e. The second-order valence-electron chi connectivity index (χ2n) is 4.60. The SMILES string of the molecule is CC1CN(C(Cc2ccccc2)C(=O)O)C1. The molecule has 3 heteroatoms. The molecule has 1 atom stereocenters. The Labute approximate surface area is 95.7 Å². The second kappa shape index (κ2) is 4.66. The minimum absolute atomic E-state index is 0.362. The van der Waals surface area contributed by atoms with E-state index >= 15 is 0 Å². The maximum Gasteiger partial charge on any atom is 0.321 e. The zero-order valence-corrected chi connectivity index (χ0v) is 9.47. The Morgan fingerprint density at radius 2 is 2.06 bits per heavy atom. The molecule has 0 bridgehead atoms. The smallest absolute Gasteiger partial charge is 0.321 e. The summed E-state index contributed by atoms with van der Waals surface area (Å²) in [4.78, 5) is 13.2. The van der Waals surface area contributed by atoms with E-state index in [0.717, 1.165) is 18.7 Å². The zero-order valence-electron chi connectivity index (χ0n) is 9.47. The summed E-state index contributed by atoms with van der Waals surface area (Å²) < 4.78 is 0. The Morgan fingerprint density at radius 3 is 2.56 bits per heavy atom. The van der Waals surface area contributed by atoms with Gasteiger partial charge in [0.15, 0.2) is 0 Å². The van der Waals surface area contributed by atoms with Gasteiger partial charge in [0.1, 0.15) is 6.04 Å². The number of nitrogens with zero attached hydrogens (tertiary/aromatic N) is 1. The fourth-order valence-corrected chi connectivity index (χ4v) is 2.21. The van der Waals surface area contributed by atoms with Crippen LogP contribution in [0.2, 0.25) is 0 Å². The lowest BCUT2D eigenvalue weighted by molar-refractivity contribution is -0.146. The Balaban J connectivity index is 2.01. The topological polar surface area (TPSA) is 40.5 Å². The number of hydrogen-bond donors (Lipinski definition) is 1. The van der Waals surface area contributed by atoms with Gasteiger partial charge in [-0.25, -0.2) is 0 Å². The maximum absolute atomic E-state index is 11.2. The molecule has 0 radical (unpaired) electrons. The van der Waals surface area contributed by atoms with Gasteiger partial charge >= 0.3 is 5.97 Å². The highest BCUT2D eigenvalue weighted by Crippen LogP contribution is 2.20. The van der Waals surface area contributed by atoms with Crippen molar-refractivity contribution < 1.29 is 9.90 Å². The van der Waals surface area contributed by atoms with Crippen LogP contribution in [0.4, 0.5) is 0 Å². The van der Waals surface area contributed by atoms with E-state index < -0.39 is 5.97 Å². The Kier molecular flexibility index (Phi) is 3.25. The van der Waals surface area contributed by atoms with E-state index in [1.807, 2.05) is 35.2 Å². The molecule has 86 valence electrons. The van der Waals surface area contributed by atoms with E-state index in [1.54, 1.807) is 0 Å². The molecular formula is C13H17NO2. The highest BCUT2D eigenvalue weighted by molar-refractivity contribution is 5.74. The van der Waals surface area contributed by atoms with Gasteiger partial charge in [0.05, 0.1) is 0 Å². The molecule has 1 aromatic rings. The third kappa shape index (κ3) is 2.42. The lowest BCUT2D eigenvalue weighted by atomic mass is 9.96. The molecule has 16 heavy (non-hydrogen) atoms. The molecular weight excluding hydrogens is 202 g/mol. The van der Waals surface area contributed by atoms with Crippen LogP contribution < -0.4 is 0 Å². The van der Waals surface area contributed by atoms with Crippen molar-refractivity contribution in [1.29, 1.82) is 0 Å². The molecule has 0 aliphatic carbocycles. The first kappa shape index (κ1) is 11.1. The number of carboxylic acids is 1. The van der Waals surface area contributed by atoms with Crippen LogP contribution >= 0.6 is 0 Å². The van der Waals surface area contributed by atoms with Crippen LogP contribution in [0.1, 0.15) is 12.5 Å². The van der Waals surface area contributed by atoms with Crippen LogP contribution in [0.5, 0.6) is 0 Å². The van der Waals surface area contributed by atoms with Crippen LogP contribution in [0.25, 0.3) is 0 Å². The van der Waals surface area contributed by atoms with E-state index in [2.05, 4.69) is 6.92 Å². The predicted molar refractivity (Wildman–Crippen MR) is 62.3 cm³/mol. The molecule has 1 aliphatic heterocycles. The van der Waals surface area contributed by atoms with Crippen molar-refractivity contribution in [2.75, 3.05) is 13.1 Å². The van der Waals surface area contributed by atoms with Crippen LogP contribution in [0.3, 0.4) is 0 Å². The summed E-state index contributed by atoms with van der Waals surface area (Å²) in [6.07, 6.45) is 0.600. The first-order chi connectivity index (χ1) is 7.66. The fourth-order valence-electron chi connectivity index (χ4n) is 2.21. The Hall–Kier alpha value is -1.35. The first-order valence-corrected chi connectivity index (χ1v) is 5.67. The number of benzene rings is 1.